The molecular weight excluding hydrogens is 334 g/mol. The lowest BCUT2D eigenvalue weighted by Crippen LogP contribution is -2.19. The highest BCUT2D eigenvalue weighted by molar-refractivity contribution is 6.00. The zero-order valence-corrected chi connectivity index (χ0v) is 14.9. The Bertz CT molecular complexity index is 1060. The van der Waals surface area contributed by atoms with Gasteiger partial charge in [-0.05, 0) is 31.2 Å². The van der Waals surface area contributed by atoms with E-state index in [9.17, 15) is 0 Å². The number of aliphatic imine (C=N–C) groups is 1. The van der Waals surface area contributed by atoms with Gasteiger partial charge in [-0.2, -0.15) is 5.10 Å². The minimum Gasteiger partial charge on any atom is -0.337 e. The average Bonchev–Trinajstić information content (AvgIpc) is 3.12. The number of rotatable bonds is 4. The van der Waals surface area contributed by atoms with Gasteiger partial charge in [-0.15, -0.1) is 0 Å². The molecule has 0 aliphatic rings. The molecule has 4 rings (SSSR count). The van der Waals surface area contributed by atoms with Crippen LogP contribution in [0.1, 0.15) is 17.0 Å². The van der Waals surface area contributed by atoms with Crippen molar-refractivity contribution in [3.63, 3.8) is 0 Å². The van der Waals surface area contributed by atoms with Gasteiger partial charge in [-0.3, -0.25) is 5.43 Å². The van der Waals surface area contributed by atoms with Gasteiger partial charge in [0.2, 0.25) is 0 Å². The van der Waals surface area contributed by atoms with E-state index in [1.165, 1.54) is 5.56 Å². The summed E-state index contributed by atoms with van der Waals surface area (Å²) in [5.41, 5.74) is 7.97. The number of benzene rings is 3. The average molecular weight is 353 g/mol. The van der Waals surface area contributed by atoms with E-state index in [0.717, 1.165) is 22.3 Å². The second kappa shape index (κ2) is 7.66. The first-order valence-corrected chi connectivity index (χ1v) is 8.72. The third-order valence-electron chi connectivity index (χ3n) is 4.09. The third-order valence-corrected chi connectivity index (χ3v) is 4.09. The van der Waals surface area contributed by atoms with Crippen LogP contribution >= 0.6 is 0 Å². The van der Waals surface area contributed by atoms with Gasteiger partial charge in [0.05, 0.1) is 22.9 Å². The number of aromatic nitrogens is 2. The number of fused-ring (bicyclic) bond motifs is 1. The van der Waals surface area contributed by atoms with E-state index in [1.807, 2.05) is 78.9 Å². The van der Waals surface area contributed by atoms with E-state index < -0.39 is 0 Å². The molecule has 27 heavy (non-hydrogen) atoms. The molecule has 0 saturated carbocycles. The first kappa shape index (κ1) is 16.7. The summed E-state index contributed by atoms with van der Waals surface area (Å²) in [6, 6.07) is 25.9. The van der Waals surface area contributed by atoms with Crippen LogP contribution in [-0.4, -0.2) is 22.0 Å². The van der Waals surface area contributed by atoms with Crippen molar-refractivity contribution in [2.45, 2.75) is 6.92 Å². The summed E-state index contributed by atoms with van der Waals surface area (Å²) >= 11 is 0. The number of aromatic amines is 1. The van der Waals surface area contributed by atoms with Gasteiger partial charge in [-0.1, -0.05) is 60.2 Å². The maximum Gasteiger partial charge on any atom is 0.154 e. The van der Waals surface area contributed by atoms with E-state index in [4.69, 9.17) is 4.99 Å². The molecule has 0 aliphatic carbocycles. The lowest BCUT2D eigenvalue weighted by Gasteiger charge is -2.06. The van der Waals surface area contributed by atoms with Gasteiger partial charge in [-0.25, -0.2) is 9.98 Å². The quantitative estimate of drug-likeness (QED) is 0.320. The van der Waals surface area contributed by atoms with E-state index >= 15 is 0 Å². The summed E-state index contributed by atoms with van der Waals surface area (Å²) in [7, 11) is 0. The molecule has 0 amide bonds. The lowest BCUT2D eigenvalue weighted by molar-refractivity contribution is 1.03. The summed E-state index contributed by atoms with van der Waals surface area (Å²) in [5, 5.41) is 4.33. The molecule has 0 unspecified atom stereocenters. The Labute approximate surface area is 157 Å². The number of hydrogen-bond donors (Lipinski definition) is 2. The predicted molar refractivity (Wildman–Crippen MR) is 111 cm³/mol. The van der Waals surface area contributed by atoms with E-state index in [1.54, 1.807) is 6.21 Å². The van der Waals surface area contributed by atoms with Crippen LogP contribution in [0.3, 0.4) is 0 Å². The summed E-state index contributed by atoms with van der Waals surface area (Å²) in [6.07, 6.45) is 1.66. The van der Waals surface area contributed by atoms with Crippen molar-refractivity contribution in [2.24, 2.45) is 10.1 Å². The highest BCUT2D eigenvalue weighted by Crippen LogP contribution is 2.14. The first-order chi connectivity index (χ1) is 13.3. The van der Waals surface area contributed by atoms with Crippen LogP contribution in [0, 0.1) is 6.92 Å². The number of H-pyrrole nitrogens is 1. The lowest BCUT2D eigenvalue weighted by atomic mass is 10.2. The fourth-order valence-corrected chi connectivity index (χ4v) is 2.69. The maximum absolute atomic E-state index is 4.71. The highest BCUT2D eigenvalue weighted by atomic mass is 15.3. The Hall–Kier alpha value is -3.73. The molecule has 1 aromatic heterocycles. The van der Waals surface area contributed by atoms with Gasteiger partial charge in [0, 0.05) is 5.56 Å². The Morgan fingerprint density at radius 3 is 2.44 bits per heavy atom. The standard InChI is InChI=1S/C22H19N5/c1-16-11-13-18(14-12-16)24-22(17-7-3-2-4-8-17)27-23-15-21-25-19-9-5-6-10-20(19)26-21/h2-15H,1H3,(H,24,27)(H,25,26). The molecule has 0 spiro atoms. The number of amidine groups is 1. The van der Waals surface area contributed by atoms with Crippen LogP contribution in [0.5, 0.6) is 0 Å². The summed E-state index contributed by atoms with van der Waals surface area (Å²) in [6.45, 7) is 2.06. The minimum absolute atomic E-state index is 0.673. The van der Waals surface area contributed by atoms with Crippen molar-refractivity contribution in [1.29, 1.82) is 0 Å². The number of hydrazone groups is 1. The Kier molecular flexibility index (Phi) is 4.74. The summed E-state index contributed by atoms with van der Waals surface area (Å²) < 4.78 is 0. The smallest absolute Gasteiger partial charge is 0.154 e. The Balaban J connectivity index is 1.60. The molecular formula is C22H19N5. The molecule has 0 atom stereocenters. The molecule has 0 aliphatic heterocycles. The van der Waals surface area contributed by atoms with E-state index in [-0.39, 0.29) is 0 Å². The van der Waals surface area contributed by atoms with Crippen LogP contribution in [-0.2, 0) is 0 Å². The Morgan fingerprint density at radius 1 is 0.926 bits per heavy atom. The van der Waals surface area contributed by atoms with Gasteiger partial charge in [0.15, 0.2) is 11.7 Å². The molecule has 4 aromatic rings. The van der Waals surface area contributed by atoms with Crippen LogP contribution in [0.25, 0.3) is 11.0 Å². The number of para-hydroxylation sites is 2. The molecule has 0 radical (unpaired) electrons. The largest absolute Gasteiger partial charge is 0.337 e. The number of hydrogen-bond acceptors (Lipinski definition) is 3. The molecule has 0 saturated heterocycles. The molecule has 5 heteroatoms. The molecule has 3 aromatic carbocycles. The highest BCUT2D eigenvalue weighted by Gasteiger charge is 2.03. The van der Waals surface area contributed by atoms with Crippen molar-refractivity contribution in [2.75, 3.05) is 0 Å². The van der Waals surface area contributed by atoms with Crippen LogP contribution < -0.4 is 5.43 Å². The second-order valence-electron chi connectivity index (χ2n) is 6.17. The van der Waals surface area contributed by atoms with Crippen molar-refractivity contribution in [1.82, 2.24) is 15.4 Å². The number of aryl methyl sites for hydroxylation is 1. The maximum atomic E-state index is 4.71. The van der Waals surface area contributed by atoms with Crippen LogP contribution in [0.2, 0.25) is 0 Å². The normalized spacial score (nSPS) is 12.0. The van der Waals surface area contributed by atoms with E-state index in [0.29, 0.717) is 11.7 Å². The van der Waals surface area contributed by atoms with E-state index in [2.05, 4.69) is 27.4 Å². The predicted octanol–water partition coefficient (Wildman–Crippen LogP) is 4.57. The molecule has 132 valence electrons. The monoisotopic (exact) mass is 353 g/mol. The zero-order chi connectivity index (χ0) is 18.5. The Morgan fingerprint density at radius 2 is 1.67 bits per heavy atom. The van der Waals surface area contributed by atoms with Gasteiger partial charge in [0.1, 0.15) is 0 Å². The number of nitrogens with zero attached hydrogens (tertiary/aromatic N) is 3. The molecule has 2 N–H and O–H groups in total. The van der Waals surface area contributed by atoms with Crippen LogP contribution in [0.4, 0.5) is 5.69 Å². The fraction of sp³-hybridized carbons (Fsp3) is 0.0455. The van der Waals surface area contributed by atoms with Crippen molar-refractivity contribution in [3.05, 3.63) is 95.8 Å². The number of imidazole rings is 1. The molecule has 0 bridgehead atoms. The third kappa shape index (κ3) is 4.10. The molecule has 1 heterocycles. The molecule has 0 fully saturated rings. The zero-order valence-electron chi connectivity index (χ0n) is 14.9. The topological polar surface area (TPSA) is 65.4 Å². The van der Waals surface area contributed by atoms with Gasteiger partial charge in [0.25, 0.3) is 0 Å². The van der Waals surface area contributed by atoms with Crippen molar-refractivity contribution < 1.29 is 0 Å². The fourth-order valence-electron chi connectivity index (χ4n) is 2.69. The first-order valence-electron chi connectivity index (χ1n) is 8.72. The van der Waals surface area contributed by atoms with Crippen molar-refractivity contribution >= 4 is 28.8 Å². The van der Waals surface area contributed by atoms with Gasteiger partial charge < -0.3 is 4.98 Å². The van der Waals surface area contributed by atoms with Crippen molar-refractivity contribution in [3.8, 4) is 0 Å². The van der Waals surface area contributed by atoms with Crippen LogP contribution in [0.15, 0.2) is 89.0 Å². The van der Waals surface area contributed by atoms with Gasteiger partial charge >= 0.3 is 0 Å². The summed E-state index contributed by atoms with van der Waals surface area (Å²) in [4.78, 5) is 12.4. The minimum atomic E-state index is 0.673. The summed E-state index contributed by atoms with van der Waals surface area (Å²) in [5.74, 6) is 1.36. The number of nitrogens with one attached hydrogen (secondary N) is 2. The molecule has 5 nitrogen and oxygen atoms in total. The second-order valence-corrected chi connectivity index (χ2v) is 6.17. The SMILES string of the molecule is Cc1ccc(N=C(NN=Cc2nc3ccccc3[nH]2)c2ccccc2)cc1.